The van der Waals surface area contributed by atoms with Crippen molar-refractivity contribution in [2.75, 3.05) is 6.61 Å². The molecule has 0 aliphatic heterocycles. The Kier molecular flexibility index (Phi) is 6.08. The lowest BCUT2D eigenvalue weighted by Gasteiger charge is -2.28. The van der Waals surface area contributed by atoms with Gasteiger partial charge < -0.3 is 9.66 Å². The second kappa shape index (κ2) is 6.90. The number of benzene rings is 1. The number of aliphatic hydroxyl groups excluding tert-OH is 1. The lowest BCUT2D eigenvalue weighted by atomic mass is 10.0. The van der Waals surface area contributed by atoms with Gasteiger partial charge in [-0.2, -0.15) is 0 Å². The average Bonchev–Trinajstić information content (AvgIpc) is 2.31. The highest BCUT2D eigenvalue weighted by molar-refractivity contribution is 7.90. The first kappa shape index (κ1) is 16.7. The standard InChI is InChI=1S/C13H19ClFNO2S/c1-13(2,3)19(18)16-11(7-8-17)9-5-4-6-10(14)12(9)15/h4-6,11,16-17H,7-8H2,1-3H3/t11-,19+/m0/s1. The van der Waals surface area contributed by atoms with Crippen LogP contribution in [-0.2, 0) is 11.4 Å². The lowest BCUT2D eigenvalue weighted by molar-refractivity contribution is 0.271. The molecule has 2 N–H and O–H groups in total. The molecule has 0 spiro atoms. The normalized spacial score (nSPS) is 15.3. The maximum Gasteiger partial charge on any atom is 0.146 e. The molecule has 0 aliphatic rings. The highest BCUT2D eigenvalue weighted by Gasteiger charge is 2.30. The van der Waals surface area contributed by atoms with Gasteiger partial charge in [-0.1, -0.05) is 23.7 Å². The summed E-state index contributed by atoms with van der Waals surface area (Å²) in [6, 6.07) is 4.13. The van der Waals surface area contributed by atoms with Crippen molar-refractivity contribution in [1.82, 2.24) is 4.72 Å². The molecule has 0 radical (unpaired) electrons. The van der Waals surface area contributed by atoms with Gasteiger partial charge in [0.15, 0.2) is 0 Å². The van der Waals surface area contributed by atoms with Crippen molar-refractivity contribution in [3.05, 3.63) is 34.6 Å². The molecule has 19 heavy (non-hydrogen) atoms. The maximum atomic E-state index is 14.0. The van der Waals surface area contributed by atoms with Crippen LogP contribution in [0.5, 0.6) is 0 Å². The van der Waals surface area contributed by atoms with Gasteiger partial charge in [-0.3, -0.25) is 0 Å². The van der Waals surface area contributed by atoms with Crippen molar-refractivity contribution in [3.8, 4) is 0 Å². The number of halogens is 2. The highest BCUT2D eigenvalue weighted by Crippen LogP contribution is 2.27. The Morgan fingerprint density at radius 3 is 2.63 bits per heavy atom. The van der Waals surface area contributed by atoms with Crippen LogP contribution >= 0.6 is 11.6 Å². The Bertz CT molecular complexity index is 426. The van der Waals surface area contributed by atoms with E-state index in [9.17, 15) is 8.94 Å². The van der Waals surface area contributed by atoms with Crippen LogP contribution in [0.3, 0.4) is 0 Å². The van der Waals surface area contributed by atoms with Crippen molar-refractivity contribution < 1.29 is 14.0 Å². The number of rotatable bonds is 5. The third kappa shape index (κ3) is 4.61. The minimum absolute atomic E-state index is 0.0174. The smallest absolute Gasteiger partial charge is 0.146 e. The summed E-state index contributed by atoms with van der Waals surface area (Å²) >= 11 is 4.39. The fourth-order valence-corrected chi connectivity index (χ4v) is 2.54. The second-order valence-corrected chi connectivity index (χ2v) is 7.61. The van der Waals surface area contributed by atoms with Crippen LogP contribution in [0.4, 0.5) is 4.39 Å². The molecular weight excluding hydrogens is 289 g/mol. The van der Waals surface area contributed by atoms with Crippen molar-refractivity contribution in [2.24, 2.45) is 0 Å². The predicted octanol–water partition coefficient (Wildman–Crippen LogP) is 2.95. The average molecular weight is 308 g/mol. The number of aliphatic hydroxyl groups is 1. The summed E-state index contributed by atoms with van der Waals surface area (Å²) in [7, 11) is 0. The van der Waals surface area contributed by atoms with Crippen LogP contribution < -0.4 is 4.72 Å². The number of hydrogen-bond acceptors (Lipinski definition) is 3. The van der Waals surface area contributed by atoms with Gasteiger partial charge in [0, 0.05) is 23.5 Å². The highest BCUT2D eigenvalue weighted by atomic mass is 35.5. The van der Waals surface area contributed by atoms with Crippen LogP contribution in [0.1, 0.15) is 38.8 Å². The van der Waals surface area contributed by atoms with E-state index in [-0.39, 0.29) is 18.1 Å². The van der Waals surface area contributed by atoms with Crippen LogP contribution in [0.15, 0.2) is 18.2 Å². The topological polar surface area (TPSA) is 55.3 Å². The van der Waals surface area contributed by atoms with E-state index in [2.05, 4.69) is 4.72 Å². The molecule has 0 aliphatic carbocycles. The van der Waals surface area contributed by atoms with Gasteiger partial charge in [0.25, 0.3) is 0 Å². The molecule has 0 fully saturated rings. The van der Waals surface area contributed by atoms with Crippen molar-refractivity contribution >= 4 is 23.0 Å². The van der Waals surface area contributed by atoms with Crippen molar-refractivity contribution in [3.63, 3.8) is 0 Å². The predicted molar refractivity (Wildman–Crippen MR) is 76.9 cm³/mol. The molecular formula is C13H19ClFNO2S. The number of nitrogens with one attached hydrogen (secondary N) is 1. The number of hydrogen-bond donors (Lipinski definition) is 2. The molecule has 1 aromatic carbocycles. The monoisotopic (exact) mass is 307 g/mol. The van der Waals surface area contributed by atoms with E-state index in [4.69, 9.17) is 16.7 Å². The molecule has 0 bridgehead atoms. The summed E-state index contributed by atoms with van der Waals surface area (Å²) in [4.78, 5) is 0. The van der Waals surface area contributed by atoms with Crippen LogP contribution in [0, 0.1) is 5.82 Å². The fraction of sp³-hybridized carbons (Fsp3) is 0.538. The minimum Gasteiger partial charge on any atom is -0.598 e. The SMILES string of the molecule is CC(C)(C)[S@@+]([O-])N[C@@H](CCO)c1cccc(Cl)c1F. The zero-order valence-electron chi connectivity index (χ0n) is 11.2. The van der Waals surface area contributed by atoms with E-state index in [1.165, 1.54) is 6.07 Å². The first-order valence-corrected chi connectivity index (χ1v) is 7.53. The molecule has 0 saturated heterocycles. The van der Waals surface area contributed by atoms with E-state index in [0.717, 1.165) is 0 Å². The van der Waals surface area contributed by atoms with E-state index < -0.39 is 28.0 Å². The molecule has 0 amide bonds. The third-order valence-electron chi connectivity index (χ3n) is 2.58. The Morgan fingerprint density at radius 1 is 1.47 bits per heavy atom. The van der Waals surface area contributed by atoms with Gasteiger partial charge >= 0.3 is 0 Å². The quantitative estimate of drug-likeness (QED) is 0.822. The van der Waals surface area contributed by atoms with Crippen LogP contribution in [0.2, 0.25) is 5.02 Å². The molecule has 108 valence electrons. The molecule has 0 aromatic heterocycles. The van der Waals surface area contributed by atoms with Gasteiger partial charge in [0.2, 0.25) is 0 Å². The summed E-state index contributed by atoms with van der Waals surface area (Å²) in [5, 5.41) is 9.10. The molecule has 2 atom stereocenters. The van der Waals surface area contributed by atoms with E-state index >= 15 is 0 Å². The summed E-state index contributed by atoms with van der Waals surface area (Å²) in [6.45, 7) is 5.33. The van der Waals surface area contributed by atoms with E-state index in [1.807, 2.05) is 20.8 Å². The summed E-state index contributed by atoms with van der Waals surface area (Å²) < 4.78 is 28.4. The summed E-state index contributed by atoms with van der Waals surface area (Å²) in [6.07, 6.45) is 0.263. The molecule has 0 heterocycles. The van der Waals surface area contributed by atoms with Crippen LogP contribution in [-0.4, -0.2) is 21.0 Å². The van der Waals surface area contributed by atoms with Gasteiger partial charge in [-0.05, 0) is 33.3 Å². The summed E-state index contributed by atoms with van der Waals surface area (Å²) in [5.74, 6) is -0.541. The van der Waals surface area contributed by atoms with Crippen molar-refractivity contribution in [2.45, 2.75) is 38.0 Å². The zero-order valence-corrected chi connectivity index (χ0v) is 12.8. The molecule has 0 saturated carbocycles. The molecule has 1 aromatic rings. The van der Waals surface area contributed by atoms with Gasteiger partial charge in [-0.15, -0.1) is 4.72 Å². The molecule has 6 heteroatoms. The van der Waals surface area contributed by atoms with Gasteiger partial charge in [-0.25, -0.2) is 4.39 Å². The summed E-state index contributed by atoms with van der Waals surface area (Å²) in [5.41, 5.74) is 0.319. The fourth-order valence-electron chi connectivity index (χ4n) is 1.50. The Labute approximate surface area is 121 Å². The maximum absolute atomic E-state index is 14.0. The van der Waals surface area contributed by atoms with Crippen molar-refractivity contribution in [1.29, 1.82) is 0 Å². The first-order chi connectivity index (χ1) is 8.77. The van der Waals surface area contributed by atoms with Crippen LogP contribution in [0.25, 0.3) is 0 Å². The minimum atomic E-state index is -1.36. The van der Waals surface area contributed by atoms with Gasteiger partial charge in [0.1, 0.15) is 10.6 Å². The van der Waals surface area contributed by atoms with Gasteiger partial charge in [0.05, 0.1) is 11.1 Å². The second-order valence-electron chi connectivity index (χ2n) is 5.21. The molecule has 1 rings (SSSR count). The Morgan fingerprint density at radius 2 is 2.11 bits per heavy atom. The first-order valence-electron chi connectivity index (χ1n) is 6.00. The zero-order chi connectivity index (χ0) is 14.6. The lowest BCUT2D eigenvalue weighted by Crippen LogP contribution is -2.41. The van der Waals surface area contributed by atoms with E-state index in [1.54, 1.807) is 12.1 Å². The Balaban J connectivity index is 2.97. The molecule has 0 unspecified atom stereocenters. The Hall–Kier alpha value is -0.330. The van der Waals surface area contributed by atoms with E-state index in [0.29, 0.717) is 5.56 Å². The third-order valence-corrected chi connectivity index (χ3v) is 4.48. The molecule has 3 nitrogen and oxygen atoms in total. The largest absolute Gasteiger partial charge is 0.598 e.